The lowest BCUT2D eigenvalue weighted by Crippen LogP contribution is -2.19. The van der Waals surface area contributed by atoms with E-state index in [9.17, 15) is 9.90 Å². The van der Waals surface area contributed by atoms with Gasteiger partial charge in [-0.3, -0.25) is 9.97 Å². The average molecular weight is 329 g/mol. The highest BCUT2D eigenvalue weighted by atomic mass is 32.1. The van der Waals surface area contributed by atoms with E-state index in [0.717, 1.165) is 22.4 Å². The zero-order chi connectivity index (χ0) is 16.4. The van der Waals surface area contributed by atoms with Gasteiger partial charge in [0.2, 0.25) is 0 Å². The number of aromatic nitrogens is 4. The van der Waals surface area contributed by atoms with Gasteiger partial charge in [0.1, 0.15) is 21.9 Å². The van der Waals surface area contributed by atoms with Crippen LogP contribution < -0.4 is 5.32 Å². The van der Waals surface area contributed by atoms with Crippen LogP contribution >= 0.6 is 11.3 Å². The van der Waals surface area contributed by atoms with Gasteiger partial charge in [0.05, 0.1) is 11.1 Å². The van der Waals surface area contributed by atoms with Crippen LogP contribution in [0.1, 0.15) is 27.9 Å². The molecule has 0 aliphatic carbocycles. The molecule has 3 aromatic heterocycles. The monoisotopic (exact) mass is 329 g/mol. The summed E-state index contributed by atoms with van der Waals surface area (Å²) in [4.78, 5) is 29.0. The maximum absolute atomic E-state index is 11.3. The third-order valence-corrected chi connectivity index (χ3v) is 4.62. The van der Waals surface area contributed by atoms with Crippen LogP contribution in [-0.4, -0.2) is 37.1 Å². The van der Waals surface area contributed by atoms with Crippen molar-refractivity contribution in [2.75, 3.05) is 5.32 Å². The molecule has 3 heterocycles. The maximum atomic E-state index is 11.3. The smallest absolute Gasteiger partial charge is 0.346 e. The Balaban J connectivity index is 1.89. The predicted molar refractivity (Wildman–Crippen MR) is 87.9 cm³/mol. The number of fused-ring (bicyclic) bond motifs is 1. The zero-order valence-electron chi connectivity index (χ0n) is 12.6. The summed E-state index contributed by atoms with van der Waals surface area (Å²) in [6.45, 7) is 3.80. The van der Waals surface area contributed by atoms with Crippen LogP contribution in [-0.2, 0) is 6.42 Å². The molecule has 7 nitrogen and oxygen atoms in total. The van der Waals surface area contributed by atoms with Crippen molar-refractivity contribution in [3.8, 4) is 0 Å². The van der Waals surface area contributed by atoms with Crippen LogP contribution in [0.3, 0.4) is 0 Å². The number of hydrogen-bond acceptors (Lipinski definition) is 7. The zero-order valence-corrected chi connectivity index (χ0v) is 13.5. The highest BCUT2D eigenvalue weighted by Crippen LogP contribution is 2.33. The summed E-state index contributed by atoms with van der Waals surface area (Å²) in [7, 11) is 0. The topological polar surface area (TPSA) is 101 Å². The Morgan fingerprint density at radius 2 is 2.17 bits per heavy atom. The Hall–Kier alpha value is -2.61. The van der Waals surface area contributed by atoms with E-state index >= 15 is 0 Å². The minimum absolute atomic E-state index is 0.0670. The molecule has 0 saturated carbocycles. The molecule has 0 fully saturated rings. The number of aryl methyl sites for hydroxylation is 1. The fraction of sp³-hybridized carbons (Fsp3) is 0.267. The molecule has 2 N–H and O–H groups in total. The highest BCUT2D eigenvalue weighted by Gasteiger charge is 2.19. The van der Waals surface area contributed by atoms with Crippen LogP contribution in [0.2, 0.25) is 0 Å². The van der Waals surface area contributed by atoms with Crippen molar-refractivity contribution in [3.63, 3.8) is 0 Å². The van der Waals surface area contributed by atoms with Gasteiger partial charge in [-0.15, -0.1) is 11.3 Å². The van der Waals surface area contributed by atoms with Gasteiger partial charge in [0, 0.05) is 31.1 Å². The molecule has 1 unspecified atom stereocenters. The summed E-state index contributed by atoms with van der Waals surface area (Å²) in [5.74, 6) is -0.295. The fourth-order valence-corrected chi connectivity index (χ4v) is 3.41. The van der Waals surface area contributed by atoms with E-state index in [1.54, 1.807) is 25.5 Å². The van der Waals surface area contributed by atoms with Gasteiger partial charge in [0.15, 0.2) is 0 Å². The van der Waals surface area contributed by atoms with E-state index in [4.69, 9.17) is 0 Å². The van der Waals surface area contributed by atoms with Gasteiger partial charge >= 0.3 is 5.97 Å². The van der Waals surface area contributed by atoms with Crippen molar-refractivity contribution >= 4 is 33.3 Å². The summed E-state index contributed by atoms with van der Waals surface area (Å²) < 4.78 is 0. The van der Waals surface area contributed by atoms with Gasteiger partial charge in [0.25, 0.3) is 0 Å². The van der Waals surface area contributed by atoms with Crippen LogP contribution in [0, 0.1) is 6.92 Å². The number of rotatable bonds is 5. The number of thiophene rings is 1. The molecule has 0 bridgehead atoms. The molecule has 118 valence electrons. The van der Waals surface area contributed by atoms with E-state index < -0.39 is 5.97 Å². The van der Waals surface area contributed by atoms with Gasteiger partial charge in [-0.1, -0.05) is 0 Å². The standard InChI is InChI=1S/C15H15N5O2S/c1-8(5-10-6-16-3-4-17-10)20-13-11-9(2)12(15(21)22)23-14(11)19-7-18-13/h3-4,6-8H,5H2,1-2H3,(H,21,22)(H,18,19,20). The lowest BCUT2D eigenvalue weighted by molar-refractivity contribution is 0.0701. The maximum Gasteiger partial charge on any atom is 0.346 e. The van der Waals surface area contributed by atoms with E-state index in [0.29, 0.717) is 27.5 Å². The van der Waals surface area contributed by atoms with Gasteiger partial charge in [-0.2, -0.15) is 0 Å². The lowest BCUT2D eigenvalue weighted by Gasteiger charge is -2.14. The molecular weight excluding hydrogens is 314 g/mol. The SMILES string of the molecule is Cc1c(C(=O)O)sc2ncnc(NC(C)Cc3cnccn3)c12. The lowest BCUT2D eigenvalue weighted by atomic mass is 10.1. The molecule has 0 amide bonds. The third kappa shape index (κ3) is 3.11. The summed E-state index contributed by atoms with van der Waals surface area (Å²) in [5.41, 5.74) is 1.57. The molecule has 0 aromatic carbocycles. The number of anilines is 1. The average Bonchev–Trinajstić information content (AvgIpc) is 2.86. The van der Waals surface area contributed by atoms with Crippen LogP contribution in [0.5, 0.6) is 0 Å². The molecule has 1 atom stereocenters. The van der Waals surface area contributed by atoms with E-state index in [-0.39, 0.29) is 6.04 Å². The Morgan fingerprint density at radius 3 is 2.87 bits per heavy atom. The van der Waals surface area contributed by atoms with Crippen molar-refractivity contribution in [1.29, 1.82) is 0 Å². The highest BCUT2D eigenvalue weighted by molar-refractivity contribution is 7.20. The Labute approximate surface area is 136 Å². The molecule has 3 rings (SSSR count). The van der Waals surface area contributed by atoms with Gasteiger partial charge in [-0.25, -0.2) is 14.8 Å². The van der Waals surface area contributed by atoms with Crippen molar-refractivity contribution in [3.05, 3.63) is 41.1 Å². The van der Waals surface area contributed by atoms with Gasteiger partial charge in [-0.05, 0) is 19.4 Å². The number of carbonyl (C=O) groups is 1. The number of carboxylic acids is 1. The first-order valence-electron chi connectivity index (χ1n) is 7.05. The molecule has 0 aliphatic rings. The first-order valence-corrected chi connectivity index (χ1v) is 7.86. The molecule has 0 spiro atoms. The summed E-state index contributed by atoms with van der Waals surface area (Å²) in [6, 6.07) is 0.0670. The summed E-state index contributed by atoms with van der Waals surface area (Å²) in [5, 5.41) is 13.3. The molecule has 0 aliphatic heterocycles. The predicted octanol–water partition coefficient (Wildman–Crippen LogP) is 2.53. The van der Waals surface area contributed by atoms with Crippen molar-refractivity contribution in [2.45, 2.75) is 26.3 Å². The van der Waals surface area contributed by atoms with Crippen molar-refractivity contribution in [1.82, 2.24) is 19.9 Å². The van der Waals surface area contributed by atoms with Crippen LogP contribution in [0.25, 0.3) is 10.2 Å². The Kier molecular flexibility index (Phi) is 4.16. The third-order valence-electron chi connectivity index (χ3n) is 3.44. The second-order valence-electron chi connectivity index (χ2n) is 5.21. The number of hydrogen-bond donors (Lipinski definition) is 2. The first kappa shape index (κ1) is 15.3. The van der Waals surface area contributed by atoms with Crippen molar-refractivity contribution in [2.24, 2.45) is 0 Å². The van der Waals surface area contributed by atoms with E-state index in [1.165, 1.54) is 6.33 Å². The summed E-state index contributed by atoms with van der Waals surface area (Å²) >= 11 is 1.16. The molecule has 8 heteroatoms. The van der Waals surface area contributed by atoms with Crippen molar-refractivity contribution < 1.29 is 9.90 Å². The molecular formula is C15H15N5O2S. The molecule has 0 radical (unpaired) electrons. The number of carboxylic acid groups (broad SMARTS) is 1. The number of aromatic carboxylic acids is 1. The first-order chi connectivity index (χ1) is 11.1. The van der Waals surface area contributed by atoms with E-state index in [1.807, 2.05) is 6.92 Å². The molecule has 23 heavy (non-hydrogen) atoms. The fourth-order valence-electron chi connectivity index (χ4n) is 2.42. The van der Waals surface area contributed by atoms with Gasteiger partial charge < -0.3 is 10.4 Å². The Morgan fingerprint density at radius 1 is 1.35 bits per heavy atom. The molecule has 0 saturated heterocycles. The minimum Gasteiger partial charge on any atom is -0.477 e. The Bertz CT molecular complexity index is 850. The van der Waals surface area contributed by atoms with E-state index in [2.05, 4.69) is 25.3 Å². The molecule has 3 aromatic rings. The normalized spacial score (nSPS) is 12.3. The number of nitrogens with zero attached hydrogens (tertiary/aromatic N) is 4. The summed E-state index contributed by atoms with van der Waals surface area (Å²) in [6.07, 6.45) is 7.16. The largest absolute Gasteiger partial charge is 0.477 e. The second kappa shape index (κ2) is 6.25. The minimum atomic E-state index is -0.941. The second-order valence-corrected chi connectivity index (χ2v) is 6.21. The quantitative estimate of drug-likeness (QED) is 0.741. The van der Waals surface area contributed by atoms with Crippen LogP contribution in [0.4, 0.5) is 5.82 Å². The van der Waals surface area contributed by atoms with Crippen LogP contribution in [0.15, 0.2) is 24.9 Å². The number of nitrogens with one attached hydrogen (secondary N) is 1.